The lowest BCUT2D eigenvalue weighted by molar-refractivity contribution is -0.143. The number of methoxy groups -OCH3 is 1. The van der Waals surface area contributed by atoms with Gasteiger partial charge in [0, 0.05) is 6.61 Å². The number of hydrogen-bond donors (Lipinski definition) is 4. The number of aliphatic carboxylic acids is 1. The zero-order chi connectivity index (χ0) is 16.1. The SMILES string of the molecule is CC(C)C(N)C(=O)O.CCCNC(CCO)C(=O)OC. The lowest BCUT2D eigenvalue weighted by Crippen LogP contribution is -2.38. The van der Waals surface area contributed by atoms with Crippen LogP contribution in [0.25, 0.3) is 0 Å². The summed E-state index contributed by atoms with van der Waals surface area (Å²) in [5, 5.41) is 19.8. The highest BCUT2D eigenvalue weighted by Crippen LogP contribution is 1.96. The predicted molar refractivity (Wildman–Crippen MR) is 76.2 cm³/mol. The number of rotatable bonds is 8. The minimum atomic E-state index is -0.931. The Kier molecular flexibility index (Phi) is 13.6. The molecule has 120 valence electrons. The normalized spacial score (nSPS) is 13.2. The van der Waals surface area contributed by atoms with Crippen molar-refractivity contribution in [2.24, 2.45) is 11.7 Å². The van der Waals surface area contributed by atoms with Crippen molar-refractivity contribution in [1.29, 1.82) is 0 Å². The van der Waals surface area contributed by atoms with Gasteiger partial charge in [0.25, 0.3) is 0 Å². The van der Waals surface area contributed by atoms with Gasteiger partial charge >= 0.3 is 11.9 Å². The zero-order valence-corrected chi connectivity index (χ0v) is 12.8. The second kappa shape index (κ2) is 12.8. The number of carboxylic acids is 1. The topological polar surface area (TPSA) is 122 Å². The molecule has 2 atom stereocenters. The minimum Gasteiger partial charge on any atom is -0.480 e. The third-order valence-corrected chi connectivity index (χ3v) is 2.55. The van der Waals surface area contributed by atoms with E-state index in [4.69, 9.17) is 15.9 Å². The molecule has 7 heteroatoms. The largest absolute Gasteiger partial charge is 0.480 e. The van der Waals surface area contributed by atoms with Gasteiger partial charge in [-0.3, -0.25) is 9.59 Å². The lowest BCUT2D eigenvalue weighted by Gasteiger charge is -2.14. The molecule has 0 saturated heterocycles. The molecule has 0 aliphatic rings. The average molecular weight is 292 g/mol. The van der Waals surface area contributed by atoms with Crippen molar-refractivity contribution in [3.63, 3.8) is 0 Å². The Balaban J connectivity index is 0. The summed E-state index contributed by atoms with van der Waals surface area (Å²) in [4.78, 5) is 21.0. The van der Waals surface area contributed by atoms with Crippen LogP contribution in [0.15, 0.2) is 0 Å². The average Bonchev–Trinajstić information content (AvgIpc) is 2.42. The van der Waals surface area contributed by atoms with E-state index < -0.39 is 12.0 Å². The molecule has 2 unspecified atom stereocenters. The molecule has 0 aromatic rings. The minimum absolute atomic E-state index is 0.00349. The monoisotopic (exact) mass is 292 g/mol. The summed E-state index contributed by atoms with van der Waals surface area (Å²) >= 11 is 0. The van der Waals surface area contributed by atoms with Crippen LogP contribution in [0.5, 0.6) is 0 Å². The van der Waals surface area contributed by atoms with Gasteiger partial charge < -0.3 is 26.0 Å². The molecule has 0 fully saturated rings. The number of carbonyl (C=O) groups is 2. The Morgan fingerprint density at radius 3 is 2.15 bits per heavy atom. The van der Waals surface area contributed by atoms with Crippen LogP contribution in [-0.4, -0.2) is 54.5 Å². The second-order valence-electron chi connectivity index (χ2n) is 4.65. The summed E-state index contributed by atoms with van der Waals surface area (Å²) in [7, 11) is 1.35. The van der Waals surface area contributed by atoms with Gasteiger partial charge in [-0.25, -0.2) is 0 Å². The van der Waals surface area contributed by atoms with E-state index in [1.54, 1.807) is 13.8 Å². The first kappa shape index (κ1) is 21.1. The van der Waals surface area contributed by atoms with Crippen LogP contribution in [-0.2, 0) is 14.3 Å². The highest BCUT2D eigenvalue weighted by molar-refractivity contribution is 5.75. The summed E-state index contributed by atoms with van der Waals surface area (Å²) in [6, 6.07) is -1.07. The summed E-state index contributed by atoms with van der Waals surface area (Å²) < 4.78 is 4.55. The molecular formula is C13H28N2O5. The molecule has 0 rings (SSSR count). The number of nitrogens with two attached hydrogens (primary N) is 1. The molecule has 0 bridgehead atoms. The first-order valence-electron chi connectivity index (χ1n) is 6.72. The highest BCUT2D eigenvalue weighted by atomic mass is 16.5. The van der Waals surface area contributed by atoms with E-state index >= 15 is 0 Å². The number of nitrogens with one attached hydrogen (secondary N) is 1. The van der Waals surface area contributed by atoms with E-state index in [0.29, 0.717) is 6.42 Å². The molecule has 5 N–H and O–H groups in total. The molecule has 0 saturated carbocycles. The van der Waals surface area contributed by atoms with Crippen molar-refractivity contribution in [2.75, 3.05) is 20.3 Å². The standard InChI is InChI=1S/C8H17NO3.C5H11NO2/c1-3-5-9-7(4-6-10)8(11)12-2;1-3(2)4(6)5(7)8/h7,9-10H,3-6H2,1-2H3;3-4H,6H2,1-2H3,(H,7,8). The van der Waals surface area contributed by atoms with Gasteiger partial charge in [-0.05, 0) is 25.3 Å². The third kappa shape index (κ3) is 10.7. The van der Waals surface area contributed by atoms with Gasteiger partial charge in [0.1, 0.15) is 12.1 Å². The van der Waals surface area contributed by atoms with E-state index in [9.17, 15) is 9.59 Å². The molecule has 0 radical (unpaired) electrons. The van der Waals surface area contributed by atoms with Gasteiger partial charge in [0.15, 0.2) is 0 Å². The second-order valence-corrected chi connectivity index (χ2v) is 4.65. The van der Waals surface area contributed by atoms with Crippen molar-refractivity contribution in [3.05, 3.63) is 0 Å². The summed E-state index contributed by atoms with van der Waals surface area (Å²) in [6.45, 7) is 6.33. The maximum atomic E-state index is 11.0. The smallest absolute Gasteiger partial charge is 0.322 e. The Hall–Kier alpha value is -1.18. The van der Waals surface area contributed by atoms with Gasteiger partial charge in [0.05, 0.1) is 7.11 Å². The fourth-order valence-corrected chi connectivity index (χ4v) is 1.18. The third-order valence-electron chi connectivity index (χ3n) is 2.55. The molecule has 0 aromatic heterocycles. The van der Waals surface area contributed by atoms with Gasteiger partial charge in [-0.1, -0.05) is 20.8 Å². The number of aliphatic hydroxyl groups excluding tert-OH is 1. The molecule has 0 spiro atoms. The zero-order valence-electron chi connectivity index (χ0n) is 12.8. The number of hydrogen-bond acceptors (Lipinski definition) is 6. The van der Waals surface area contributed by atoms with Crippen LogP contribution in [0, 0.1) is 5.92 Å². The van der Waals surface area contributed by atoms with E-state index in [0.717, 1.165) is 13.0 Å². The maximum Gasteiger partial charge on any atom is 0.322 e. The van der Waals surface area contributed by atoms with Gasteiger partial charge in [0.2, 0.25) is 0 Å². The van der Waals surface area contributed by atoms with Crippen LogP contribution in [0.4, 0.5) is 0 Å². The van der Waals surface area contributed by atoms with Crippen molar-refractivity contribution < 1.29 is 24.5 Å². The molecule has 20 heavy (non-hydrogen) atoms. The van der Waals surface area contributed by atoms with Gasteiger partial charge in [-0.15, -0.1) is 0 Å². The fraction of sp³-hybridized carbons (Fsp3) is 0.846. The Morgan fingerprint density at radius 2 is 1.90 bits per heavy atom. The highest BCUT2D eigenvalue weighted by Gasteiger charge is 2.16. The number of carbonyl (C=O) groups excluding carboxylic acids is 1. The summed E-state index contributed by atoms with van der Waals surface area (Å²) in [5.74, 6) is -1.22. The summed E-state index contributed by atoms with van der Waals surface area (Å²) in [5.41, 5.74) is 5.16. The van der Waals surface area contributed by atoms with Gasteiger partial charge in [-0.2, -0.15) is 0 Å². The number of ether oxygens (including phenoxy) is 1. The Bertz CT molecular complexity index is 271. The van der Waals surface area contributed by atoms with Crippen LogP contribution >= 0.6 is 0 Å². The van der Waals surface area contributed by atoms with Crippen LogP contribution in [0.1, 0.15) is 33.6 Å². The van der Waals surface area contributed by atoms with E-state index in [1.165, 1.54) is 7.11 Å². The molecule has 0 aromatic carbocycles. The first-order chi connectivity index (χ1) is 9.31. The van der Waals surface area contributed by atoms with Crippen LogP contribution in [0.3, 0.4) is 0 Å². The fourth-order valence-electron chi connectivity index (χ4n) is 1.18. The van der Waals surface area contributed by atoms with Crippen molar-refractivity contribution in [1.82, 2.24) is 5.32 Å². The Labute approximate surface area is 120 Å². The Morgan fingerprint density at radius 1 is 1.35 bits per heavy atom. The number of aliphatic hydroxyl groups is 1. The number of carboxylic acid groups (broad SMARTS) is 1. The van der Waals surface area contributed by atoms with Crippen LogP contribution in [0.2, 0.25) is 0 Å². The van der Waals surface area contributed by atoms with E-state index in [-0.39, 0.29) is 24.5 Å². The first-order valence-corrected chi connectivity index (χ1v) is 6.72. The molecular weight excluding hydrogens is 264 g/mol. The molecule has 7 nitrogen and oxygen atoms in total. The number of esters is 1. The maximum absolute atomic E-state index is 11.0. The molecule has 0 aliphatic carbocycles. The van der Waals surface area contributed by atoms with Crippen molar-refractivity contribution in [3.8, 4) is 0 Å². The molecule has 0 heterocycles. The lowest BCUT2D eigenvalue weighted by atomic mass is 10.1. The summed E-state index contributed by atoms with van der Waals surface area (Å²) in [6.07, 6.45) is 1.37. The predicted octanol–water partition coefficient (Wildman–Crippen LogP) is -0.0357. The van der Waals surface area contributed by atoms with Crippen molar-refractivity contribution in [2.45, 2.75) is 45.7 Å². The van der Waals surface area contributed by atoms with Crippen LogP contribution < -0.4 is 11.1 Å². The van der Waals surface area contributed by atoms with Crippen molar-refractivity contribution >= 4 is 11.9 Å². The van der Waals surface area contributed by atoms with E-state index in [1.807, 2.05) is 6.92 Å². The quantitative estimate of drug-likeness (QED) is 0.463. The van der Waals surface area contributed by atoms with E-state index in [2.05, 4.69) is 10.1 Å². The molecule has 0 amide bonds. The molecule has 0 aliphatic heterocycles.